The summed E-state index contributed by atoms with van der Waals surface area (Å²) in [6.07, 6.45) is 2.55. The van der Waals surface area contributed by atoms with E-state index in [9.17, 15) is 4.79 Å². The summed E-state index contributed by atoms with van der Waals surface area (Å²) < 4.78 is 1.78. The zero-order valence-corrected chi connectivity index (χ0v) is 12.2. The second-order valence-electron chi connectivity index (χ2n) is 4.82. The summed E-state index contributed by atoms with van der Waals surface area (Å²) in [6.45, 7) is 4.95. The van der Waals surface area contributed by atoms with Crippen LogP contribution in [0, 0.1) is 5.92 Å². The van der Waals surface area contributed by atoms with Crippen LogP contribution in [0.2, 0.25) is 10.0 Å². The maximum Gasteiger partial charge on any atom is 0.153 e. The molecular weight excluding hydrogens is 283 g/mol. The molecule has 0 saturated heterocycles. The van der Waals surface area contributed by atoms with Gasteiger partial charge in [-0.3, -0.25) is 9.48 Å². The van der Waals surface area contributed by atoms with Gasteiger partial charge in [0.25, 0.3) is 0 Å². The van der Waals surface area contributed by atoms with Crippen molar-refractivity contribution in [1.82, 2.24) is 9.78 Å². The second kappa shape index (κ2) is 5.76. The van der Waals surface area contributed by atoms with Crippen molar-refractivity contribution in [2.45, 2.75) is 20.4 Å². The van der Waals surface area contributed by atoms with E-state index in [-0.39, 0.29) is 0 Å². The number of rotatable bonds is 4. The summed E-state index contributed by atoms with van der Waals surface area (Å²) in [6, 6.07) is 5.16. The van der Waals surface area contributed by atoms with Crippen LogP contribution in [0.3, 0.4) is 0 Å². The molecule has 3 nitrogen and oxygen atoms in total. The lowest BCUT2D eigenvalue weighted by Crippen LogP contribution is -2.04. The van der Waals surface area contributed by atoms with Gasteiger partial charge in [0.15, 0.2) is 6.29 Å². The fraction of sp³-hybridized carbons (Fsp3) is 0.286. The Morgan fingerprint density at radius 3 is 2.42 bits per heavy atom. The van der Waals surface area contributed by atoms with E-state index < -0.39 is 0 Å². The standard InChI is InChI=1S/C14H14Cl2N2O/c1-9(2)6-18-7-11(8-19)14(17-18)10-3-12(15)5-13(16)4-10/h3-5,7-9H,6H2,1-2H3. The summed E-state index contributed by atoms with van der Waals surface area (Å²) in [5.74, 6) is 0.454. The van der Waals surface area contributed by atoms with Gasteiger partial charge in [0.05, 0.1) is 5.56 Å². The van der Waals surface area contributed by atoms with Gasteiger partial charge in [0.2, 0.25) is 0 Å². The molecule has 0 unspecified atom stereocenters. The third-order valence-electron chi connectivity index (χ3n) is 2.61. The van der Waals surface area contributed by atoms with Gasteiger partial charge in [-0.15, -0.1) is 0 Å². The highest BCUT2D eigenvalue weighted by atomic mass is 35.5. The molecule has 0 spiro atoms. The summed E-state index contributed by atoms with van der Waals surface area (Å²) in [7, 11) is 0. The maximum absolute atomic E-state index is 11.2. The van der Waals surface area contributed by atoms with Crippen LogP contribution in [0.15, 0.2) is 24.4 Å². The quantitative estimate of drug-likeness (QED) is 0.787. The molecule has 0 atom stereocenters. The molecule has 2 aromatic rings. The third-order valence-corrected chi connectivity index (χ3v) is 3.04. The van der Waals surface area contributed by atoms with Crippen molar-refractivity contribution in [2.75, 3.05) is 0 Å². The number of aromatic nitrogens is 2. The Bertz CT molecular complexity index is 585. The molecule has 1 aromatic carbocycles. The van der Waals surface area contributed by atoms with E-state index in [0.29, 0.717) is 27.2 Å². The number of aldehydes is 1. The normalized spacial score (nSPS) is 11.0. The molecule has 0 fully saturated rings. The SMILES string of the molecule is CC(C)Cn1cc(C=O)c(-c2cc(Cl)cc(Cl)c2)n1. The second-order valence-corrected chi connectivity index (χ2v) is 5.70. The highest BCUT2D eigenvalue weighted by Gasteiger charge is 2.12. The molecule has 5 heteroatoms. The zero-order valence-electron chi connectivity index (χ0n) is 10.7. The number of benzene rings is 1. The Morgan fingerprint density at radius 1 is 1.26 bits per heavy atom. The van der Waals surface area contributed by atoms with Crippen LogP contribution in [-0.2, 0) is 6.54 Å². The van der Waals surface area contributed by atoms with Gasteiger partial charge in [-0.2, -0.15) is 5.10 Å². The van der Waals surface area contributed by atoms with E-state index in [4.69, 9.17) is 23.2 Å². The van der Waals surface area contributed by atoms with Gasteiger partial charge in [0, 0.05) is 28.4 Å². The lowest BCUT2D eigenvalue weighted by molar-refractivity contribution is 0.112. The summed E-state index contributed by atoms with van der Waals surface area (Å²) in [5, 5.41) is 5.49. The van der Waals surface area contributed by atoms with E-state index in [1.807, 2.05) is 0 Å². The highest BCUT2D eigenvalue weighted by Crippen LogP contribution is 2.28. The Kier molecular flexibility index (Phi) is 4.27. The number of nitrogens with zero attached hydrogens (tertiary/aromatic N) is 2. The smallest absolute Gasteiger partial charge is 0.153 e. The minimum atomic E-state index is 0.454. The van der Waals surface area contributed by atoms with Crippen molar-refractivity contribution in [2.24, 2.45) is 5.92 Å². The minimum Gasteiger partial charge on any atom is -0.298 e. The zero-order chi connectivity index (χ0) is 14.0. The van der Waals surface area contributed by atoms with Crippen LogP contribution in [-0.4, -0.2) is 16.1 Å². The molecule has 100 valence electrons. The lowest BCUT2D eigenvalue weighted by atomic mass is 10.1. The van der Waals surface area contributed by atoms with Gasteiger partial charge < -0.3 is 0 Å². The number of halogens is 2. The van der Waals surface area contributed by atoms with Crippen LogP contribution in [0.1, 0.15) is 24.2 Å². The molecule has 2 rings (SSSR count). The van der Waals surface area contributed by atoms with E-state index in [0.717, 1.165) is 18.4 Å². The predicted molar refractivity (Wildman–Crippen MR) is 77.9 cm³/mol. The van der Waals surface area contributed by atoms with Gasteiger partial charge >= 0.3 is 0 Å². The molecule has 0 N–H and O–H groups in total. The first-order valence-corrected chi connectivity index (χ1v) is 6.74. The van der Waals surface area contributed by atoms with Gasteiger partial charge in [-0.25, -0.2) is 0 Å². The lowest BCUT2D eigenvalue weighted by Gasteiger charge is -2.04. The molecule has 1 heterocycles. The Morgan fingerprint density at radius 2 is 1.89 bits per heavy atom. The monoisotopic (exact) mass is 296 g/mol. The highest BCUT2D eigenvalue weighted by molar-refractivity contribution is 6.35. The molecule has 0 aliphatic carbocycles. The summed E-state index contributed by atoms with van der Waals surface area (Å²) in [5.41, 5.74) is 1.90. The van der Waals surface area contributed by atoms with Crippen LogP contribution < -0.4 is 0 Å². The number of hydrogen-bond acceptors (Lipinski definition) is 2. The minimum absolute atomic E-state index is 0.454. The molecule has 0 aliphatic rings. The number of carbonyl (C=O) groups excluding carboxylic acids is 1. The average Bonchev–Trinajstić information content (AvgIpc) is 2.69. The van der Waals surface area contributed by atoms with Crippen LogP contribution in [0.25, 0.3) is 11.3 Å². The van der Waals surface area contributed by atoms with Crippen LogP contribution >= 0.6 is 23.2 Å². The molecular formula is C14H14Cl2N2O. The summed E-state index contributed by atoms with van der Waals surface area (Å²) in [4.78, 5) is 11.2. The molecule has 0 bridgehead atoms. The molecule has 1 aromatic heterocycles. The molecule has 0 amide bonds. The molecule has 0 radical (unpaired) electrons. The van der Waals surface area contributed by atoms with Crippen LogP contribution in [0.4, 0.5) is 0 Å². The predicted octanol–water partition coefficient (Wildman–Crippen LogP) is 4.33. The van der Waals surface area contributed by atoms with Gasteiger partial charge in [-0.05, 0) is 24.1 Å². The van der Waals surface area contributed by atoms with Crippen molar-refractivity contribution < 1.29 is 4.79 Å². The average molecular weight is 297 g/mol. The summed E-state index contributed by atoms with van der Waals surface area (Å²) >= 11 is 12.0. The fourth-order valence-electron chi connectivity index (χ4n) is 1.91. The van der Waals surface area contributed by atoms with Crippen molar-refractivity contribution in [3.8, 4) is 11.3 Å². The van der Waals surface area contributed by atoms with Crippen molar-refractivity contribution in [3.63, 3.8) is 0 Å². The van der Waals surface area contributed by atoms with Crippen LogP contribution in [0.5, 0.6) is 0 Å². The van der Waals surface area contributed by atoms with Crippen molar-refractivity contribution >= 4 is 29.5 Å². The first-order valence-electron chi connectivity index (χ1n) is 5.98. The van der Waals surface area contributed by atoms with E-state index in [2.05, 4.69) is 18.9 Å². The number of hydrogen-bond donors (Lipinski definition) is 0. The van der Waals surface area contributed by atoms with Crippen molar-refractivity contribution in [3.05, 3.63) is 40.0 Å². The Hall–Kier alpha value is -1.32. The topological polar surface area (TPSA) is 34.9 Å². The van der Waals surface area contributed by atoms with Crippen molar-refractivity contribution in [1.29, 1.82) is 0 Å². The molecule has 0 saturated carbocycles. The van der Waals surface area contributed by atoms with E-state index in [1.54, 1.807) is 29.1 Å². The fourth-order valence-corrected chi connectivity index (χ4v) is 2.43. The molecule has 0 aliphatic heterocycles. The van der Waals surface area contributed by atoms with E-state index >= 15 is 0 Å². The van der Waals surface area contributed by atoms with Gasteiger partial charge in [-0.1, -0.05) is 37.0 Å². The number of carbonyl (C=O) groups is 1. The maximum atomic E-state index is 11.2. The van der Waals surface area contributed by atoms with Gasteiger partial charge in [0.1, 0.15) is 5.69 Å². The Labute approximate surface area is 122 Å². The molecule has 19 heavy (non-hydrogen) atoms. The van der Waals surface area contributed by atoms with E-state index in [1.165, 1.54) is 0 Å². The Balaban J connectivity index is 2.48. The first-order chi connectivity index (χ1) is 8.99. The largest absolute Gasteiger partial charge is 0.298 e. The third kappa shape index (κ3) is 3.37. The first kappa shape index (κ1) is 14.1.